The minimum Gasteiger partial charge on any atom is -0.324 e. The molecule has 0 saturated carbocycles. The first kappa shape index (κ1) is 16.0. The van der Waals surface area contributed by atoms with Crippen LogP contribution in [0.25, 0.3) is 0 Å². The number of likely N-dealkylation sites (N-methyl/N-ethyl adjacent to an activating group) is 1. The van der Waals surface area contributed by atoms with Gasteiger partial charge in [-0.1, -0.05) is 17.7 Å². The van der Waals surface area contributed by atoms with Gasteiger partial charge in [0.05, 0.1) is 6.54 Å². The number of nitrogens with zero attached hydrogens (tertiary/aromatic N) is 1. The first-order chi connectivity index (χ1) is 9.97. The predicted molar refractivity (Wildman–Crippen MR) is 87.8 cm³/mol. The number of nitrogens with one attached hydrogen (secondary N) is 2. The summed E-state index contributed by atoms with van der Waals surface area (Å²) in [4.78, 5) is 14.4. The average molecular weight is 289 g/mol. The van der Waals surface area contributed by atoms with E-state index in [1.54, 1.807) is 0 Å². The Morgan fingerprint density at radius 3 is 2.57 bits per heavy atom. The van der Waals surface area contributed by atoms with Crippen molar-refractivity contribution in [2.75, 3.05) is 32.0 Å². The van der Waals surface area contributed by atoms with Crippen molar-refractivity contribution in [3.8, 4) is 0 Å². The van der Waals surface area contributed by atoms with Crippen molar-refractivity contribution in [2.24, 2.45) is 0 Å². The topological polar surface area (TPSA) is 44.4 Å². The molecule has 0 spiro atoms. The van der Waals surface area contributed by atoms with Gasteiger partial charge < -0.3 is 10.6 Å². The van der Waals surface area contributed by atoms with Gasteiger partial charge in [0.2, 0.25) is 5.91 Å². The van der Waals surface area contributed by atoms with Gasteiger partial charge in [0.15, 0.2) is 0 Å². The van der Waals surface area contributed by atoms with Crippen LogP contribution in [0, 0.1) is 20.8 Å². The third kappa shape index (κ3) is 4.29. The molecule has 1 atom stereocenters. The molecule has 1 amide bonds. The Labute approximate surface area is 127 Å². The second kappa shape index (κ2) is 7.05. The molecule has 4 nitrogen and oxygen atoms in total. The van der Waals surface area contributed by atoms with Gasteiger partial charge in [-0.15, -0.1) is 0 Å². The van der Waals surface area contributed by atoms with Crippen LogP contribution in [-0.2, 0) is 4.79 Å². The third-order valence-electron chi connectivity index (χ3n) is 4.23. The lowest BCUT2D eigenvalue weighted by Crippen LogP contribution is -2.46. The highest BCUT2D eigenvalue weighted by atomic mass is 16.2. The summed E-state index contributed by atoms with van der Waals surface area (Å²) >= 11 is 0. The van der Waals surface area contributed by atoms with E-state index in [0.29, 0.717) is 12.6 Å². The first-order valence-electron chi connectivity index (χ1n) is 7.76. The molecule has 1 fully saturated rings. The summed E-state index contributed by atoms with van der Waals surface area (Å²) in [6.07, 6.45) is 2.35. The maximum atomic E-state index is 12.3. The van der Waals surface area contributed by atoms with Crippen molar-refractivity contribution in [3.63, 3.8) is 0 Å². The Balaban J connectivity index is 1.95. The molecule has 1 aromatic rings. The lowest BCUT2D eigenvalue weighted by Gasteiger charge is -2.31. The van der Waals surface area contributed by atoms with Crippen LogP contribution in [0.3, 0.4) is 0 Å². The summed E-state index contributed by atoms with van der Waals surface area (Å²) in [7, 11) is 2.03. The molecule has 1 aliphatic rings. The fourth-order valence-electron chi connectivity index (χ4n) is 3.12. The highest BCUT2D eigenvalue weighted by molar-refractivity contribution is 5.93. The SMILES string of the molecule is Cc1cc(C)c(NC(=O)CN(C)C2CCCNC2)c(C)c1. The predicted octanol–water partition coefficient (Wildman–Crippen LogP) is 2.23. The Kier molecular flexibility index (Phi) is 5.37. The molecule has 1 unspecified atom stereocenters. The fourth-order valence-corrected chi connectivity index (χ4v) is 3.12. The van der Waals surface area contributed by atoms with E-state index in [0.717, 1.165) is 29.9 Å². The van der Waals surface area contributed by atoms with Gasteiger partial charge in [-0.05, 0) is 58.3 Å². The largest absolute Gasteiger partial charge is 0.324 e. The van der Waals surface area contributed by atoms with Crippen molar-refractivity contribution in [1.29, 1.82) is 0 Å². The summed E-state index contributed by atoms with van der Waals surface area (Å²) in [5.74, 6) is 0.0677. The van der Waals surface area contributed by atoms with Gasteiger partial charge in [0.1, 0.15) is 0 Å². The number of benzene rings is 1. The van der Waals surface area contributed by atoms with E-state index < -0.39 is 0 Å². The summed E-state index contributed by atoms with van der Waals surface area (Å²) in [6, 6.07) is 4.68. The monoisotopic (exact) mass is 289 g/mol. The lowest BCUT2D eigenvalue weighted by atomic mass is 10.0. The summed E-state index contributed by atoms with van der Waals surface area (Å²) in [5.41, 5.74) is 4.44. The molecule has 0 bridgehead atoms. The second-order valence-electron chi connectivity index (χ2n) is 6.24. The highest BCUT2D eigenvalue weighted by Gasteiger charge is 2.20. The molecular weight excluding hydrogens is 262 g/mol. The van der Waals surface area contributed by atoms with E-state index in [2.05, 4.69) is 34.6 Å². The van der Waals surface area contributed by atoms with Crippen molar-refractivity contribution in [3.05, 3.63) is 28.8 Å². The van der Waals surface area contributed by atoms with E-state index >= 15 is 0 Å². The van der Waals surface area contributed by atoms with Crippen molar-refractivity contribution >= 4 is 11.6 Å². The van der Waals surface area contributed by atoms with Crippen molar-refractivity contribution in [1.82, 2.24) is 10.2 Å². The molecule has 1 aliphatic heterocycles. The molecule has 1 aromatic carbocycles. The molecule has 2 rings (SSSR count). The Morgan fingerprint density at radius 1 is 1.33 bits per heavy atom. The zero-order valence-corrected chi connectivity index (χ0v) is 13.6. The molecule has 2 N–H and O–H groups in total. The number of anilines is 1. The fraction of sp³-hybridized carbons (Fsp3) is 0.588. The molecule has 1 saturated heterocycles. The number of carbonyl (C=O) groups is 1. The number of carbonyl (C=O) groups excluding carboxylic acids is 1. The van der Waals surface area contributed by atoms with Crippen molar-refractivity contribution < 1.29 is 4.79 Å². The standard InChI is InChI=1S/C17H27N3O/c1-12-8-13(2)17(14(3)9-12)19-16(21)11-20(4)15-6-5-7-18-10-15/h8-9,15,18H,5-7,10-11H2,1-4H3,(H,19,21). The molecule has 116 valence electrons. The minimum atomic E-state index is 0.0677. The first-order valence-corrected chi connectivity index (χ1v) is 7.76. The quantitative estimate of drug-likeness (QED) is 0.893. The maximum absolute atomic E-state index is 12.3. The van der Waals surface area contributed by atoms with Gasteiger partial charge in [0.25, 0.3) is 0 Å². The maximum Gasteiger partial charge on any atom is 0.238 e. The van der Waals surface area contributed by atoms with E-state index in [-0.39, 0.29) is 5.91 Å². The van der Waals surface area contributed by atoms with Crippen molar-refractivity contribution in [2.45, 2.75) is 39.7 Å². The Hall–Kier alpha value is -1.39. The number of hydrogen-bond acceptors (Lipinski definition) is 3. The number of rotatable bonds is 4. The van der Waals surface area contributed by atoms with Crippen LogP contribution in [-0.4, -0.2) is 43.5 Å². The summed E-state index contributed by atoms with van der Waals surface area (Å²) in [6.45, 7) is 8.69. The number of aryl methyl sites for hydroxylation is 3. The third-order valence-corrected chi connectivity index (χ3v) is 4.23. The van der Waals surface area contributed by atoms with Gasteiger partial charge in [-0.2, -0.15) is 0 Å². The smallest absolute Gasteiger partial charge is 0.238 e. The average Bonchev–Trinajstić information content (AvgIpc) is 2.43. The van der Waals surface area contributed by atoms with Crippen LogP contribution in [0.15, 0.2) is 12.1 Å². The van der Waals surface area contributed by atoms with Crippen LogP contribution in [0.5, 0.6) is 0 Å². The van der Waals surface area contributed by atoms with E-state index in [1.807, 2.05) is 20.9 Å². The summed E-state index contributed by atoms with van der Waals surface area (Å²) in [5, 5.41) is 6.46. The molecular formula is C17H27N3O. The minimum absolute atomic E-state index is 0.0677. The number of piperidine rings is 1. The van der Waals surface area contributed by atoms with E-state index in [4.69, 9.17) is 0 Å². The zero-order chi connectivity index (χ0) is 15.4. The Morgan fingerprint density at radius 2 is 2.00 bits per heavy atom. The molecule has 0 aromatic heterocycles. The molecule has 4 heteroatoms. The number of amides is 1. The number of hydrogen-bond donors (Lipinski definition) is 2. The molecule has 0 radical (unpaired) electrons. The molecule has 1 heterocycles. The second-order valence-corrected chi connectivity index (χ2v) is 6.24. The van der Waals surface area contributed by atoms with Crippen LogP contribution in [0.2, 0.25) is 0 Å². The molecule has 21 heavy (non-hydrogen) atoms. The van der Waals surface area contributed by atoms with Crippen LogP contribution < -0.4 is 10.6 Å². The van der Waals surface area contributed by atoms with E-state index in [9.17, 15) is 4.79 Å². The van der Waals surface area contributed by atoms with Gasteiger partial charge in [-0.3, -0.25) is 9.69 Å². The Bertz CT molecular complexity index is 484. The van der Waals surface area contributed by atoms with E-state index in [1.165, 1.54) is 18.4 Å². The van der Waals surface area contributed by atoms with Crippen LogP contribution in [0.4, 0.5) is 5.69 Å². The van der Waals surface area contributed by atoms with Gasteiger partial charge >= 0.3 is 0 Å². The normalized spacial score (nSPS) is 18.8. The lowest BCUT2D eigenvalue weighted by molar-refractivity contribution is -0.117. The van der Waals surface area contributed by atoms with Crippen LogP contribution >= 0.6 is 0 Å². The van der Waals surface area contributed by atoms with Gasteiger partial charge in [0, 0.05) is 18.3 Å². The van der Waals surface area contributed by atoms with Gasteiger partial charge in [-0.25, -0.2) is 0 Å². The zero-order valence-electron chi connectivity index (χ0n) is 13.6. The highest BCUT2D eigenvalue weighted by Crippen LogP contribution is 2.22. The summed E-state index contributed by atoms with van der Waals surface area (Å²) < 4.78 is 0. The van der Waals surface area contributed by atoms with Crippen LogP contribution in [0.1, 0.15) is 29.5 Å². The molecule has 0 aliphatic carbocycles.